The van der Waals surface area contributed by atoms with Gasteiger partial charge in [0.25, 0.3) is 0 Å². The van der Waals surface area contributed by atoms with Gasteiger partial charge >= 0.3 is 5.97 Å². The van der Waals surface area contributed by atoms with E-state index in [0.29, 0.717) is 5.02 Å². The number of carboxylic acids is 1. The van der Waals surface area contributed by atoms with Crippen molar-refractivity contribution >= 4 is 51.5 Å². The summed E-state index contributed by atoms with van der Waals surface area (Å²) in [5.74, 6) is -0.854. The number of carbonyl (C=O) groups is 1. The molecule has 20 heavy (non-hydrogen) atoms. The summed E-state index contributed by atoms with van der Waals surface area (Å²) in [7, 11) is 0. The van der Waals surface area contributed by atoms with Crippen LogP contribution in [0.15, 0.2) is 36.4 Å². The first-order valence-corrected chi connectivity index (χ1v) is 7.45. The summed E-state index contributed by atoms with van der Waals surface area (Å²) in [6.45, 7) is 1.94. The average Bonchev–Trinajstić information content (AvgIpc) is 2.35. The van der Waals surface area contributed by atoms with Gasteiger partial charge in [0.05, 0.1) is 17.1 Å². The highest BCUT2D eigenvalue weighted by Crippen LogP contribution is 2.31. The molecule has 2 rings (SSSR count). The molecule has 0 fully saturated rings. The standard InChI is InChI=1S/C15H13ClINO2/c1-9-5-6-13(10(7-9)8-14(19)20)18-15-11(16)3-2-4-12(15)17/h2-7,18H,8H2,1H3,(H,19,20). The Morgan fingerprint density at radius 1 is 1.35 bits per heavy atom. The third-order valence-corrected chi connectivity index (χ3v) is 4.04. The lowest BCUT2D eigenvalue weighted by Gasteiger charge is -2.14. The van der Waals surface area contributed by atoms with Crippen molar-refractivity contribution in [1.29, 1.82) is 0 Å². The Hall–Kier alpha value is -1.27. The average molecular weight is 402 g/mol. The Labute approximate surface area is 136 Å². The van der Waals surface area contributed by atoms with Gasteiger partial charge in [-0.3, -0.25) is 4.79 Å². The van der Waals surface area contributed by atoms with E-state index in [4.69, 9.17) is 16.7 Å². The van der Waals surface area contributed by atoms with E-state index in [9.17, 15) is 4.79 Å². The van der Waals surface area contributed by atoms with Crippen LogP contribution in [0.3, 0.4) is 0 Å². The molecule has 2 aromatic rings. The molecule has 5 heteroatoms. The molecule has 0 unspecified atom stereocenters. The van der Waals surface area contributed by atoms with Gasteiger partial charge in [0.1, 0.15) is 0 Å². The number of hydrogen-bond donors (Lipinski definition) is 2. The van der Waals surface area contributed by atoms with E-state index in [-0.39, 0.29) is 6.42 Å². The Balaban J connectivity index is 2.40. The first-order chi connectivity index (χ1) is 9.47. The maximum atomic E-state index is 11.0. The van der Waals surface area contributed by atoms with Crippen molar-refractivity contribution in [3.63, 3.8) is 0 Å². The van der Waals surface area contributed by atoms with Crippen molar-refractivity contribution < 1.29 is 9.90 Å². The molecule has 3 nitrogen and oxygen atoms in total. The fourth-order valence-electron chi connectivity index (χ4n) is 1.91. The highest BCUT2D eigenvalue weighted by molar-refractivity contribution is 14.1. The maximum Gasteiger partial charge on any atom is 0.307 e. The third-order valence-electron chi connectivity index (χ3n) is 2.82. The predicted octanol–water partition coefficient (Wildman–Crippen LogP) is 4.62. The summed E-state index contributed by atoms with van der Waals surface area (Å²) in [5, 5.41) is 12.9. The zero-order valence-electron chi connectivity index (χ0n) is 10.8. The van der Waals surface area contributed by atoms with Crippen LogP contribution in [0.1, 0.15) is 11.1 Å². The zero-order chi connectivity index (χ0) is 14.7. The van der Waals surface area contributed by atoms with Crippen molar-refractivity contribution in [3.05, 3.63) is 56.1 Å². The van der Waals surface area contributed by atoms with Gasteiger partial charge in [0.2, 0.25) is 0 Å². The Kier molecular flexibility index (Phi) is 4.88. The first-order valence-electron chi connectivity index (χ1n) is 5.99. The van der Waals surface area contributed by atoms with Gasteiger partial charge in [-0.1, -0.05) is 35.4 Å². The lowest BCUT2D eigenvalue weighted by Crippen LogP contribution is -2.05. The lowest BCUT2D eigenvalue weighted by atomic mass is 10.1. The number of halogens is 2. The molecule has 0 heterocycles. The van der Waals surface area contributed by atoms with Gasteiger partial charge in [-0.2, -0.15) is 0 Å². The fraction of sp³-hybridized carbons (Fsp3) is 0.133. The minimum atomic E-state index is -0.854. The highest BCUT2D eigenvalue weighted by Gasteiger charge is 2.10. The number of anilines is 2. The van der Waals surface area contributed by atoms with Crippen LogP contribution in [-0.2, 0) is 11.2 Å². The Morgan fingerprint density at radius 2 is 2.10 bits per heavy atom. The molecule has 0 aliphatic rings. The highest BCUT2D eigenvalue weighted by atomic mass is 127. The minimum absolute atomic E-state index is 0.0228. The summed E-state index contributed by atoms with van der Waals surface area (Å²) in [5.41, 5.74) is 3.34. The van der Waals surface area contributed by atoms with Gasteiger partial charge in [-0.25, -0.2) is 0 Å². The van der Waals surface area contributed by atoms with Crippen LogP contribution in [0.4, 0.5) is 11.4 Å². The molecular weight excluding hydrogens is 389 g/mol. The van der Waals surface area contributed by atoms with Gasteiger partial charge in [-0.05, 0) is 53.3 Å². The normalized spacial score (nSPS) is 10.3. The number of benzene rings is 2. The van der Waals surface area contributed by atoms with E-state index in [1.54, 1.807) is 6.07 Å². The largest absolute Gasteiger partial charge is 0.481 e. The van der Waals surface area contributed by atoms with Gasteiger partial charge in [0.15, 0.2) is 0 Å². The van der Waals surface area contributed by atoms with Crippen LogP contribution in [0.2, 0.25) is 5.02 Å². The van der Waals surface area contributed by atoms with E-state index in [1.807, 2.05) is 37.3 Å². The molecular formula is C15H13ClINO2. The molecule has 2 N–H and O–H groups in total. The molecule has 2 aromatic carbocycles. The van der Waals surface area contributed by atoms with Crippen LogP contribution in [-0.4, -0.2) is 11.1 Å². The van der Waals surface area contributed by atoms with Crippen molar-refractivity contribution in [1.82, 2.24) is 0 Å². The molecule has 0 saturated carbocycles. The number of carboxylic acid groups (broad SMARTS) is 1. The molecule has 104 valence electrons. The Morgan fingerprint density at radius 3 is 2.75 bits per heavy atom. The smallest absolute Gasteiger partial charge is 0.307 e. The summed E-state index contributed by atoms with van der Waals surface area (Å²) >= 11 is 8.38. The second kappa shape index (κ2) is 6.45. The molecule has 0 atom stereocenters. The number of hydrogen-bond acceptors (Lipinski definition) is 2. The van der Waals surface area contributed by atoms with Gasteiger partial charge < -0.3 is 10.4 Å². The quantitative estimate of drug-likeness (QED) is 0.735. The second-order valence-electron chi connectivity index (χ2n) is 4.45. The van der Waals surface area contributed by atoms with Crippen LogP contribution >= 0.6 is 34.2 Å². The summed E-state index contributed by atoms with van der Waals surface area (Å²) in [4.78, 5) is 11.0. The van der Waals surface area contributed by atoms with Crippen LogP contribution in [0.25, 0.3) is 0 Å². The van der Waals surface area contributed by atoms with Crippen molar-refractivity contribution in [3.8, 4) is 0 Å². The molecule has 0 bridgehead atoms. The maximum absolute atomic E-state index is 11.0. The number of aryl methyl sites for hydroxylation is 1. The molecule has 0 saturated heterocycles. The SMILES string of the molecule is Cc1ccc(Nc2c(Cl)cccc2I)c(CC(=O)O)c1. The van der Waals surface area contributed by atoms with Crippen LogP contribution in [0.5, 0.6) is 0 Å². The number of para-hydroxylation sites is 1. The number of aliphatic carboxylic acids is 1. The molecule has 0 amide bonds. The van der Waals surface area contributed by atoms with Crippen molar-refractivity contribution in [2.45, 2.75) is 13.3 Å². The van der Waals surface area contributed by atoms with Crippen LogP contribution in [0, 0.1) is 10.5 Å². The van der Waals surface area contributed by atoms with E-state index >= 15 is 0 Å². The minimum Gasteiger partial charge on any atom is -0.481 e. The topological polar surface area (TPSA) is 49.3 Å². The first kappa shape index (κ1) is 15.1. The summed E-state index contributed by atoms with van der Waals surface area (Å²) < 4.78 is 0.983. The molecule has 0 spiro atoms. The molecule has 0 aromatic heterocycles. The molecule has 0 aliphatic carbocycles. The monoisotopic (exact) mass is 401 g/mol. The second-order valence-corrected chi connectivity index (χ2v) is 6.02. The predicted molar refractivity (Wildman–Crippen MR) is 90.0 cm³/mol. The third kappa shape index (κ3) is 3.64. The van der Waals surface area contributed by atoms with E-state index in [2.05, 4.69) is 27.9 Å². The Bertz CT molecular complexity index is 638. The molecule has 0 radical (unpaired) electrons. The van der Waals surface area contributed by atoms with Crippen molar-refractivity contribution in [2.75, 3.05) is 5.32 Å². The number of nitrogens with one attached hydrogen (secondary N) is 1. The zero-order valence-corrected chi connectivity index (χ0v) is 13.7. The lowest BCUT2D eigenvalue weighted by molar-refractivity contribution is -0.136. The summed E-state index contributed by atoms with van der Waals surface area (Å²) in [6, 6.07) is 11.3. The van der Waals surface area contributed by atoms with E-state index in [1.165, 1.54) is 0 Å². The number of rotatable bonds is 4. The van der Waals surface area contributed by atoms with Crippen LogP contribution < -0.4 is 5.32 Å². The van der Waals surface area contributed by atoms with E-state index < -0.39 is 5.97 Å². The van der Waals surface area contributed by atoms with Crippen molar-refractivity contribution in [2.24, 2.45) is 0 Å². The van der Waals surface area contributed by atoms with Gasteiger partial charge in [-0.15, -0.1) is 0 Å². The van der Waals surface area contributed by atoms with Gasteiger partial charge in [0, 0.05) is 9.26 Å². The van der Waals surface area contributed by atoms with E-state index in [0.717, 1.165) is 26.1 Å². The fourth-order valence-corrected chi connectivity index (χ4v) is 2.92. The molecule has 0 aliphatic heterocycles. The summed E-state index contributed by atoms with van der Waals surface area (Å²) in [6.07, 6.45) is -0.0228.